The van der Waals surface area contributed by atoms with Crippen LogP contribution < -0.4 is 10.6 Å². The van der Waals surface area contributed by atoms with E-state index in [1.54, 1.807) is 5.32 Å². The maximum absolute atomic E-state index is 13.6. The van der Waals surface area contributed by atoms with Gasteiger partial charge in [0.2, 0.25) is 5.91 Å². The first-order valence-corrected chi connectivity index (χ1v) is 10.7. The van der Waals surface area contributed by atoms with Gasteiger partial charge < -0.3 is 10.6 Å². The van der Waals surface area contributed by atoms with Crippen LogP contribution in [0.3, 0.4) is 0 Å². The van der Waals surface area contributed by atoms with E-state index in [1.807, 2.05) is 0 Å². The molecular weight excluding hydrogens is 594 g/mol. The Hall–Kier alpha value is -3.10. The molecule has 1 unspecified atom stereocenters. The van der Waals surface area contributed by atoms with Crippen molar-refractivity contribution in [3.8, 4) is 0 Å². The summed E-state index contributed by atoms with van der Waals surface area (Å²) in [6, 6.07) is 4.45. The number of benzene rings is 2. The second-order valence-corrected chi connectivity index (χ2v) is 8.28. The minimum Gasteiger partial charge on any atom is -0.345 e. The van der Waals surface area contributed by atoms with Crippen molar-refractivity contribution >= 4 is 33.8 Å². The number of halogens is 11. The summed E-state index contributed by atoms with van der Waals surface area (Å²) in [6.07, 6.45) is -13.4. The van der Waals surface area contributed by atoms with Crippen molar-refractivity contribution in [2.45, 2.75) is 24.4 Å². The largest absolute Gasteiger partial charge is 0.419 e. The number of rotatable bonds is 7. The molecule has 2 aromatic carbocycles. The summed E-state index contributed by atoms with van der Waals surface area (Å²) in [5.41, 5.74) is -2.73. The average Bonchev–Trinajstić information content (AvgIpc) is 2.75. The van der Waals surface area contributed by atoms with Gasteiger partial charge in [0.1, 0.15) is 12.4 Å². The van der Waals surface area contributed by atoms with Gasteiger partial charge >= 0.3 is 18.5 Å². The molecule has 2 rings (SSSR count). The van der Waals surface area contributed by atoms with Gasteiger partial charge in [0.15, 0.2) is 0 Å². The van der Waals surface area contributed by atoms with Crippen LogP contribution in [0.5, 0.6) is 0 Å². The Morgan fingerprint density at radius 3 is 2.11 bits per heavy atom. The molecule has 4 nitrogen and oxygen atoms in total. The van der Waals surface area contributed by atoms with Crippen molar-refractivity contribution in [3.63, 3.8) is 0 Å². The lowest BCUT2D eigenvalue weighted by Gasteiger charge is -2.19. The summed E-state index contributed by atoms with van der Waals surface area (Å²) in [6.45, 7) is -2.38. The standard InChI is InChI=1S/C22H15BrF10N2O2/c23-16-7-11(1-4-13(16)19(37)34-9-18(36)35-10-20(25,26)27)2-5-14(21(28,29)30)12-3-6-17(24)15(8-12)22(31,32)33/h1-8,14H,9-10H2,(H,34,37)(H,35,36). The normalized spacial score (nSPS) is 13.5. The number of nitrogens with one attached hydrogen (secondary N) is 2. The van der Waals surface area contributed by atoms with Gasteiger partial charge in [-0.05, 0) is 51.3 Å². The van der Waals surface area contributed by atoms with E-state index in [9.17, 15) is 53.5 Å². The molecule has 0 aromatic heterocycles. The topological polar surface area (TPSA) is 58.2 Å². The fourth-order valence-corrected chi connectivity index (χ4v) is 3.48. The highest BCUT2D eigenvalue weighted by Crippen LogP contribution is 2.40. The molecule has 0 aliphatic carbocycles. The maximum Gasteiger partial charge on any atom is 0.419 e. The predicted octanol–water partition coefficient (Wildman–Crippen LogP) is 6.37. The molecule has 15 heteroatoms. The molecule has 0 radical (unpaired) electrons. The molecule has 0 bridgehead atoms. The summed E-state index contributed by atoms with van der Waals surface area (Å²) >= 11 is 3.01. The van der Waals surface area contributed by atoms with Crippen LogP contribution in [0.4, 0.5) is 43.9 Å². The highest BCUT2D eigenvalue weighted by molar-refractivity contribution is 9.10. The van der Waals surface area contributed by atoms with Gasteiger partial charge in [0.05, 0.1) is 23.6 Å². The monoisotopic (exact) mass is 608 g/mol. The Morgan fingerprint density at radius 2 is 1.57 bits per heavy atom. The highest BCUT2D eigenvalue weighted by Gasteiger charge is 2.41. The molecule has 0 fully saturated rings. The molecule has 0 heterocycles. The van der Waals surface area contributed by atoms with E-state index < -0.39 is 66.3 Å². The molecule has 202 valence electrons. The van der Waals surface area contributed by atoms with Crippen LogP contribution >= 0.6 is 15.9 Å². The summed E-state index contributed by atoms with van der Waals surface area (Å²) in [4.78, 5) is 23.6. The van der Waals surface area contributed by atoms with Gasteiger partial charge in [-0.1, -0.05) is 24.3 Å². The van der Waals surface area contributed by atoms with Crippen molar-refractivity contribution in [2.24, 2.45) is 0 Å². The Bertz CT molecular complexity index is 1170. The summed E-state index contributed by atoms with van der Waals surface area (Å²) in [5.74, 6) is -6.25. The van der Waals surface area contributed by atoms with E-state index in [-0.39, 0.29) is 27.7 Å². The quantitative estimate of drug-likeness (QED) is 0.359. The highest BCUT2D eigenvalue weighted by atomic mass is 79.9. The van der Waals surface area contributed by atoms with Crippen molar-refractivity contribution < 1.29 is 53.5 Å². The number of carbonyl (C=O) groups is 2. The Labute approximate surface area is 210 Å². The van der Waals surface area contributed by atoms with Gasteiger partial charge in [0.25, 0.3) is 5.91 Å². The molecule has 2 amide bonds. The van der Waals surface area contributed by atoms with Crippen LogP contribution in [0.2, 0.25) is 0 Å². The number of alkyl halides is 9. The Morgan fingerprint density at radius 1 is 0.919 bits per heavy atom. The molecule has 37 heavy (non-hydrogen) atoms. The molecular formula is C22H15BrF10N2O2. The summed E-state index contributed by atoms with van der Waals surface area (Å²) < 4.78 is 129. The van der Waals surface area contributed by atoms with Crippen LogP contribution in [0, 0.1) is 5.82 Å². The van der Waals surface area contributed by atoms with Crippen molar-refractivity contribution in [1.29, 1.82) is 0 Å². The summed E-state index contributed by atoms with van der Waals surface area (Å²) in [7, 11) is 0. The first-order chi connectivity index (χ1) is 16.9. The number of allylic oxidation sites excluding steroid dienone is 1. The molecule has 0 aliphatic rings. The van der Waals surface area contributed by atoms with Crippen LogP contribution in [0.15, 0.2) is 46.9 Å². The van der Waals surface area contributed by atoms with Gasteiger partial charge in [-0.15, -0.1) is 0 Å². The van der Waals surface area contributed by atoms with Crippen molar-refractivity contribution in [2.75, 3.05) is 13.1 Å². The van der Waals surface area contributed by atoms with Gasteiger partial charge in [-0.3, -0.25) is 9.59 Å². The second-order valence-electron chi connectivity index (χ2n) is 7.43. The Balaban J connectivity index is 2.19. The van der Waals surface area contributed by atoms with Crippen LogP contribution in [-0.2, 0) is 11.0 Å². The molecule has 2 aromatic rings. The molecule has 0 saturated carbocycles. The van der Waals surface area contributed by atoms with E-state index in [0.29, 0.717) is 12.1 Å². The Kier molecular flexibility index (Phi) is 9.38. The zero-order valence-corrected chi connectivity index (χ0v) is 19.7. The lowest BCUT2D eigenvalue weighted by atomic mass is 9.95. The fourth-order valence-electron chi connectivity index (χ4n) is 2.91. The molecule has 0 spiro atoms. The molecule has 0 aliphatic heterocycles. The summed E-state index contributed by atoms with van der Waals surface area (Å²) in [5, 5.41) is 3.62. The number of hydrogen-bond donors (Lipinski definition) is 2. The van der Waals surface area contributed by atoms with Gasteiger partial charge in [0, 0.05) is 4.47 Å². The first kappa shape index (κ1) is 30.1. The van der Waals surface area contributed by atoms with E-state index in [1.165, 1.54) is 12.1 Å². The predicted molar refractivity (Wildman–Crippen MR) is 115 cm³/mol. The average molecular weight is 609 g/mol. The molecule has 1 atom stereocenters. The number of carbonyl (C=O) groups excluding carboxylic acids is 2. The van der Waals surface area contributed by atoms with Gasteiger partial charge in [-0.2, -0.15) is 39.5 Å². The first-order valence-electron chi connectivity index (χ1n) is 9.91. The van der Waals surface area contributed by atoms with E-state index in [0.717, 1.165) is 12.1 Å². The van der Waals surface area contributed by atoms with Crippen LogP contribution in [0.25, 0.3) is 6.08 Å². The number of hydrogen-bond acceptors (Lipinski definition) is 2. The molecule has 0 saturated heterocycles. The van der Waals surface area contributed by atoms with Gasteiger partial charge in [-0.25, -0.2) is 4.39 Å². The smallest absolute Gasteiger partial charge is 0.345 e. The third-order valence-electron chi connectivity index (χ3n) is 4.62. The van der Waals surface area contributed by atoms with Crippen LogP contribution in [0.1, 0.15) is 33.0 Å². The van der Waals surface area contributed by atoms with E-state index >= 15 is 0 Å². The van der Waals surface area contributed by atoms with E-state index in [2.05, 4.69) is 21.2 Å². The lowest BCUT2D eigenvalue weighted by molar-refractivity contribution is -0.143. The number of amides is 2. The minimum absolute atomic E-state index is 0.0348. The van der Waals surface area contributed by atoms with Crippen molar-refractivity contribution in [3.05, 3.63) is 75.0 Å². The third kappa shape index (κ3) is 9.05. The SMILES string of the molecule is O=C(CNC(=O)c1ccc(C=CC(c2ccc(F)c(C(F)(F)F)c2)C(F)(F)F)cc1Br)NCC(F)(F)F. The minimum atomic E-state index is -5.21. The zero-order valence-electron chi connectivity index (χ0n) is 18.1. The lowest BCUT2D eigenvalue weighted by Crippen LogP contribution is -2.40. The van der Waals surface area contributed by atoms with Crippen LogP contribution in [-0.4, -0.2) is 37.3 Å². The second kappa shape index (κ2) is 11.5. The van der Waals surface area contributed by atoms with E-state index in [4.69, 9.17) is 0 Å². The third-order valence-corrected chi connectivity index (χ3v) is 5.28. The molecule has 2 N–H and O–H groups in total. The maximum atomic E-state index is 13.6. The van der Waals surface area contributed by atoms with Crippen molar-refractivity contribution in [1.82, 2.24) is 10.6 Å². The fraction of sp³-hybridized carbons (Fsp3) is 0.273. The zero-order chi connectivity index (χ0) is 28.2.